The fraction of sp³-hybridized carbons (Fsp3) is 0.240. The monoisotopic (exact) mass is 503 g/mol. The third-order valence-corrected chi connectivity index (χ3v) is 6.06. The molecule has 0 saturated heterocycles. The topological polar surface area (TPSA) is 64.8 Å². The fourth-order valence-electron chi connectivity index (χ4n) is 3.49. The third-order valence-electron chi connectivity index (χ3n) is 5.00. The van der Waals surface area contributed by atoms with E-state index in [1.165, 1.54) is 35.6 Å². The van der Waals surface area contributed by atoms with Gasteiger partial charge in [0.2, 0.25) is 5.13 Å². The number of halogens is 4. The lowest BCUT2D eigenvalue weighted by Gasteiger charge is -2.08. The molecule has 0 fully saturated rings. The number of aromatic nitrogens is 3. The lowest BCUT2D eigenvalue weighted by atomic mass is 10.0. The first-order valence-electron chi connectivity index (χ1n) is 10.5. The summed E-state index contributed by atoms with van der Waals surface area (Å²) in [6, 6.07) is 11.4. The SMILES string of the molecule is Cc1nn(-c2nc(-c3ccc(C(F)(F)F)cc3)c(CC(C)C)s2)cc1-c1cccc(F)c1.O=C=O. The van der Waals surface area contributed by atoms with E-state index in [1.54, 1.807) is 16.9 Å². The van der Waals surface area contributed by atoms with Gasteiger partial charge in [-0.05, 0) is 49.1 Å². The second-order valence-electron chi connectivity index (χ2n) is 8.11. The maximum Gasteiger partial charge on any atom is 0.416 e. The molecule has 10 heteroatoms. The van der Waals surface area contributed by atoms with Crippen LogP contribution in [0.3, 0.4) is 0 Å². The van der Waals surface area contributed by atoms with Crippen LogP contribution in [0.5, 0.6) is 0 Å². The van der Waals surface area contributed by atoms with E-state index in [0.29, 0.717) is 22.3 Å². The molecule has 0 aliphatic carbocycles. The molecule has 182 valence electrons. The highest BCUT2D eigenvalue weighted by Gasteiger charge is 2.30. The summed E-state index contributed by atoms with van der Waals surface area (Å²) in [6.45, 7) is 6.00. The quantitative estimate of drug-likeness (QED) is 0.283. The molecule has 0 aliphatic heterocycles. The van der Waals surface area contributed by atoms with Crippen molar-refractivity contribution < 1.29 is 27.2 Å². The van der Waals surface area contributed by atoms with Crippen LogP contribution >= 0.6 is 11.3 Å². The predicted octanol–water partition coefficient (Wildman–Crippen LogP) is 6.74. The second kappa shape index (κ2) is 10.8. The lowest BCUT2D eigenvalue weighted by molar-refractivity contribution is -0.191. The smallest absolute Gasteiger partial charge is 0.218 e. The van der Waals surface area contributed by atoms with Crippen molar-refractivity contribution in [2.45, 2.75) is 33.4 Å². The minimum Gasteiger partial charge on any atom is -0.218 e. The third kappa shape index (κ3) is 6.29. The highest BCUT2D eigenvalue weighted by molar-refractivity contribution is 7.14. The highest BCUT2D eigenvalue weighted by atomic mass is 32.1. The molecule has 35 heavy (non-hydrogen) atoms. The van der Waals surface area contributed by atoms with Crippen molar-refractivity contribution in [2.24, 2.45) is 5.92 Å². The van der Waals surface area contributed by atoms with Gasteiger partial charge in [-0.2, -0.15) is 27.9 Å². The van der Waals surface area contributed by atoms with Gasteiger partial charge in [-0.3, -0.25) is 0 Å². The van der Waals surface area contributed by atoms with Crippen LogP contribution in [0, 0.1) is 18.7 Å². The van der Waals surface area contributed by atoms with Crippen molar-refractivity contribution in [1.82, 2.24) is 14.8 Å². The lowest BCUT2D eigenvalue weighted by Crippen LogP contribution is -2.04. The summed E-state index contributed by atoms with van der Waals surface area (Å²) in [5.74, 6) is 0.0198. The number of nitrogens with zero attached hydrogens (tertiary/aromatic N) is 3. The van der Waals surface area contributed by atoms with E-state index in [-0.39, 0.29) is 12.0 Å². The summed E-state index contributed by atoms with van der Waals surface area (Å²) < 4.78 is 54.2. The number of rotatable bonds is 5. The number of benzene rings is 2. The van der Waals surface area contributed by atoms with Crippen LogP contribution in [-0.2, 0) is 22.2 Å². The molecule has 0 amide bonds. The number of hydrogen-bond donors (Lipinski definition) is 0. The van der Waals surface area contributed by atoms with Gasteiger partial charge in [0.25, 0.3) is 0 Å². The van der Waals surface area contributed by atoms with Gasteiger partial charge in [-0.1, -0.05) is 49.4 Å². The van der Waals surface area contributed by atoms with Crippen molar-refractivity contribution in [3.63, 3.8) is 0 Å². The van der Waals surface area contributed by atoms with Gasteiger partial charge in [-0.25, -0.2) is 14.1 Å². The first kappa shape index (κ1) is 26.0. The minimum atomic E-state index is -4.38. The zero-order valence-corrected chi connectivity index (χ0v) is 19.9. The van der Waals surface area contributed by atoms with Gasteiger partial charge in [0.05, 0.1) is 17.0 Å². The Labute approximate surface area is 203 Å². The van der Waals surface area contributed by atoms with Crippen molar-refractivity contribution in [3.05, 3.63) is 76.7 Å². The zero-order chi connectivity index (χ0) is 25.8. The maximum atomic E-state index is 13.7. The summed E-state index contributed by atoms with van der Waals surface area (Å²) in [5, 5.41) is 5.17. The Kier molecular flexibility index (Phi) is 7.99. The number of carbonyl (C=O) groups excluding carboxylic acids is 2. The summed E-state index contributed by atoms with van der Waals surface area (Å²) in [7, 11) is 0. The van der Waals surface area contributed by atoms with Crippen molar-refractivity contribution in [3.8, 4) is 27.5 Å². The van der Waals surface area contributed by atoms with Gasteiger partial charge < -0.3 is 0 Å². The van der Waals surface area contributed by atoms with Crippen LogP contribution in [0.2, 0.25) is 0 Å². The maximum absolute atomic E-state index is 13.7. The Bertz CT molecular complexity index is 1340. The molecule has 2 aromatic heterocycles. The van der Waals surface area contributed by atoms with Crippen LogP contribution in [0.15, 0.2) is 54.7 Å². The zero-order valence-electron chi connectivity index (χ0n) is 19.1. The molecule has 0 unspecified atom stereocenters. The molecule has 2 aromatic carbocycles. The standard InChI is InChI=1S/C24H21F4N3S.CO2/c1-14(2)11-21-22(16-7-9-18(10-8-16)24(26,27)28)29-23(32-21)31-13-20(15(3)30-31)17-5-4-6-19(25)12-17;2-1-3/h4-10,12-14H,11H2,1-3H3;. The molecular formula is C25H21F4N3O2S. The highest BCUT2D eigenvalue weighted by Crippen LogP contribution is 2.35. The summed E-state index contributed by atoms with van der Waals surface area (Å²) in [5.41, 5.74) is 2.84. The molecule has 2 heterocycles. The van der Waals surface area contributed by atoms with Crippen molar-refractivity contribution >= 4 is 17.5 Å². The van der Waals surface area contributed by atoms with Crippen LogP contribution < -0.4 is 0 Å². The van der Waals surface area contributed by atoms with Gasteiger partial charge in [0.1, 0.15) is 5.82 Å². The summed E-state index contributed by atoms with van der Waals surface area (Å²) in [4.78, 5) is 22.0. The van der Waals surface area contributed by atoms with Crippen LogP contribution in [0.4, 0.5) is 17.6 Å². The summed E-state index contributed by atoms with van der Waals surface area (Å²) in [6.07, 6.45) is -1.59. The van der Waals surface area contributed by atoms with E-state index in [1.807, 2.05) is 13.0 Å². The number of thiazole rings is 1. The molecule has 4 aromatic rings. The first-order chi connectivity index (χ1) is 16.5. The van der Waals surface area contributed by atoms with E-state index in [4.69, 9.17) is 14.6 Å². The van der Waals surface area contributed by atoms with Crippen LogP contribution in [-0.4, -0.2) is 20.9 Å². The molecule has 0 spiro atoms. The van der Waals surface area contributed by atoms with Crippen molar-refractivity contribution in [1.29, 1.82) is 0 Å². The van der Waals surface area contributed by atoms with E-state index in [2.05, 4.69) is 18.9 Å². The average Bonchev–Trinajstić information content (AvgIpc) is 3.37. The van der Waals surface area contributed by atoms with Gasteiger partial charge >= 0.3 is 12.3 Å². The molecule has 0 saturated carbocycles. The Morgan fingerprint density at radius 1 is 1.06 bits per heavy atom. The largest absolute Gasteiger partial charge is 0.416 e. The normalized spacial score (nSPS) is 11.2. The molecule has 4 rings (SSSR count). The van der Waals surface area contributed by atoms with E-state index >= 15 is 0 Å². The molecule has 0 atom stereocenters. The van der Waals surface area contributed by atoms with Gasteiger partial charge in [0.15, 0.2) is 0 Å². The molecule has 5 nitrogen and oxygen atoms in total. The Morgan fingerprint density at radius 3 is 2.29 bits per heavy atom. The Balaban J connectivity index is 0.00000108. The number of aryl methyl sites for hydroxylation is 1. The minimum absolute atomic E-state index is 0.250. The second-order valence-corrected chi connectivity index (χ2v) is 9.17. The van der Waals surface area contributed by atoms with Crippen LogP contribution in [0.1, 0.15) is 30.0 Å². The van der Waals surface area contributed by atoms with E-state index in [9.17, 15) is 17.6 Å². The van der Waals surface area contributed by atoms with Gasteiger partial charge in [0, 0.05) is 22.2 Å². The number of hydrogen-bond acceptors (Lipinski definition) is 5. The molecular weight excluding hydrogens is 482 g/mol. The van der Waals surface area contributed by atoms with Gasteiger partial charge in [-0.15, -0.1) is 0 Å². The Hall–Kier alpha value is -3.62. The van der Waals surface area contributed by atoms with Crippen LogP contribution in [0.25, 0.3) is 27.5 Å². The predicted molar refractivity (Wildman–Crippen MR) is 123 cm³/mol. The first-order valence-corrected chi connectivity index (χ1v) is 11.3. The average molecular weight is 504 g/mol. The molecule has 0 radical (unpaired) electrons. The summed E-state index contributed by atoms with van der Waals surface area (Å²) >= 11 is 1.46. The molecule has 0 N–H and O–H groups in total. The molecule has 0 bridgehead atoms. The number of alkyl halides is 3. The van der Waals surface area contributed by atoms with E-state index in [0.717, 1.165) is 40.3 Å². The Morgan fingerprint density at radius 2 is 1.71 bits per heavy atom. The van der Waals surface area contributed by atoms with Crippen molar-refractivity contribution in [2.75, 3.05) is 0 Å². The van der Waals surface area contributed by atoms with E-state index < -0.39 is 11.7 Å². The fourth-order valence-corrected chi connectivity index (χ4v) is 4.71. The molecule has 0 aliphatic rings.